The monoisotopic (exact) mass is 235 g/mol. The average Bonchev–Trinajstić information content (AvgIpc) is 2.23. The number of aryl methyl sites for hydroxylation is 3. The van der Waals surface area contributed by atoms with E-state index < -0.39 is 0 Å². The molecule has 1 aromatic carbocycles. The Kier molecular flexibility index (Phi) is 4.72. The van der Waals surface area contributed by atoms with Crippen LogP contribution in [0.4, 0.5) is 0 Å². The molecular weight excluding hydrogens is 210 g/mol. The highest BCUT2D eigenvalue weighted by molar-refractivity contribution is 5.38. The van der Waals surface area contributed by atoms with Crippen LogP contribution in [0.2, 0.25) is 0 Å². The first-order valence-corrected chi connectivity index (χ1v) is 6.32. The third kappa shape index (κ3) is 3.08. The minimum Gasteiger partial charge on any atom is -0.396 e. The third-order valence-corrected chi connectivity index (χ3v) is 3.77. The van der Waals surface area contributed by atoms with Crippen molar-refractivity contribution < 1.29 is 5.11 Å². The Bertz CT molecular complexity index is 385. The van der Waals surface area contributed by atoms with Gasteiger partial charge in [-0.15, -0.1) is 0 Å². The lowest BCUT2D eigenvalue weighted by Crippen LogP contribution is -2.29. The predicted molar refractivity (Wildman–Crippen MR) is 73.0 cm³/mol. The zero-order chi connectivity index (χ0) is 13.2. The van der Waals surface area contributed by atoms with E-state index in [-0.39, 0.29) is 18.6 Å². The maximum Gasteiger partial charge on any atom is 0.0479 e. The Morgan fingerprint density at radius 2 is 1.59 bits per heavy atom. The fourth-order valence-corrected chi connectivity index (χ4v) is 2.31. The molecule has 0 bridgehead atoms. The van der Waals surface area contributed by atoms with Crippen molar-refractivity contribution in [2.24, 2.45) is 17.6 Å². The molecule has 2 unspecified atom stereocenters. The van der Waals surface area contributed by atoms with Gasteiger partial charge in [0.2, 0.25) is 0 Å². The minimum absolute atomic E-state index is 0.0840. The van der Waals surface area contributed by atoms with Crippen LogP contribution in [0, 0.1) is 32.6 Å². The highest BCUT2D eigenvalue weighted by atomic mass is 16.3. The second-order valence-electron chi connectivity index (χ2n) is 5.41. The summed E-state index contributed by atoms with van der Waals surface area (Å²) in [5.41, 5.74) is 11.3. The number of hydrogen-bond donors (Lipinski definition) is 2. The van der Waals surface area contributed by atoms with Gasteiger partial charge in [0.25, 0.3) is 0 Å². The van der Waals surface area contributed by atoms with E-state index in [4.69, 9.17) is 5.73 Å². The van der Waals surface area contributed by atoms with Crippen molar-refractivity contribution in [2.45, 2.75) is 40.7 Å². The van der Waals surface area contributed by atoms with Crippen molar-refractivity contribution in [3.05, 3.63) is 34.4 Å². The van der Waals surface area contributed by atoms with Gasteiger partial charge in [0.05, 0.1) is 0 Å². The van der Waals surface area contributed by atoms with Crippen molar-refractivity contribution in [3.8, 4) is 0 Å². The first-order valence-electron chi connectivity index (χ1n) is 6.32. The lowest BCUT2D eigenvalue weighted by Gasteiger charge is -2.27. The van der Waals surface area contributed by atoms with Gasteiger partial charge in [-0.2, -0.15) is 0 Å². The van der Waals surface area contributed by atoms with Crippen LogP contribution in [0.15, 0.2) is 12.1 Å². The highest BCUT2D eigenvalue weighted by Gasteiger charge is 2.23. The van der Waals surface area contributed by atoms with Crippen LogP contribution in [0.1, 0.15) is 42.1 Å². The summed E-state index contributed by atoms with van der Waals surface area (Å²) in [5.74, 6) is 0.506. The molecule has 0 aliphatic heterocycles. The normalized spacial score (nSPS) is 15.1. The molecule has 2 nitrogen and oxygen atoms in total. The Hall–Kier alpha value is -0.860. The quantitative estimate of drug-likeness (QED) is 0.843. The molecule has 2 atom stereocenters. The average molecular weight is 235 g/mol. The summed E-state index contributed by atoms with van der Waals surface area (Å²) in [6.45, 7) is 10.7. The van der Waals surface area contributed by atoms with Crippen molar-refractivity contribution >= 4 is 0 Å². The van der Waals surface area contributed by atoms with Gasteiger partial charge in [-0.1, -0.05) is 26.0 Å². The number of benzene rings is 1. The van der Waals surface area contributed by atoms with Crippen molar-refractivity contribution in [2.75, 3.05) is 6.61 Å². The van der Waals surface area contributed by atoms with Crippen LogP contribution in [0.25, 0.3) is 0 Å². The van der Waals surface area contributed by atoms with Crippen LogP contribution in [0.3, 0.4) is 0 Å². The smallest absolute Gasteiger partial charge is 0.0479 e. The van der Waals surface area contributed by atoms with E-state index in [0.717, 1.165) is 0 Å². The van der Waals surface area contributed by atoms with Crippen LogP contribution in [0.5, 0.6) is 0 Å². The second kappa shape index (κ2) is 5.65. The molecule has 0 saturated carbocycles. The molecular formula is C15H25NO. The first-order chi connectivity index (χ1) is 7.88. The van der Waals surface area contributed by atoms with E-state index in [0.29, 0.717) is 5.92 Å². The molecule has 0 heterocycles. The SMILES string of the molecule is Cc1cc(C)c(C(N)C(CO)C(C)C)cc1C. The van der Waals surface area contributed by atoms with E-state index in [1.165, 1.54) is 22.3 Å². The Balaban J connectivity index is 3.11. The number of aliphatic hydroxyl groups excluding tert-OH is 1. The van der Waals surface area contributed by atoms with E-state index in [1.807, 2.05) is 0 Å². The lowest BCUT2D eigenvalue weighted by atomic mass is 9.83. The number of nitrogens with two attached hydrogens (primary N) is 1. The fraction of sp³-hybridized carbons (Fsp3) is 0.600. The van der Waals surface area contributed by atoms with Gasteiger partial charge < -0.3 is 10.8 Å². The highest BCUT2D eigenvalue weighted by Crippen LogP contribution is 2.29. The molecule has 0 spiro atoms. The van der Waals surface area contributed by atoms with E-state index >= 15 is 0 Å². The Morgan fingerprint density at radius 3 is 2.06 bits per heavy atom. The minimum atomic E-state index is -0.0840. The van der Waals surface area contributed by atoms with Crippen LogP contribution >= 0.6 is 0 Å². The fourth-order valence-electron chi connectivity index (χ4n) is 2.31. The summed E-state index contributed by atoms with van der Waals surface area (Å²) in [6, 6.07) is 4.26. The van der Waals surface area contributed by atoms with Crippen molar-refractivity contribution in [1.29, 1.82) is 0 Å². The maximum absolute atomic E-state index is 9.46. The maximum atomic E-state index is 9.46. The molecule has 0 aliphatic carbocycles. The molecule has 96 valence electrons. The largest absolute Gasteiger partial charge is 0.396 e. The summed E-state index contributed by atoms with van der Waals surface area (Å²) in [5, 5.41) is 9.46. The summed E-state index contributed by atoms with van der Waals surface area (Å²) >= 11 is 0. The molecule has 0 amide bonds. The van der Waals surface area contributed by atoms with Crippen LogP contribution in [-0.4, -0.2) is 11.7 Å². The van der Waals surface area contributed by atoms with Crippen molar-refractivity contribution in [3.63, 3.8) is 0 Å². The Labute approximate surface area is 105 Å². The molecule has 0 aliphatic rings. The van der Waals surface area contributed by atoms with Gasteiger partial charge in [-0.25, -0.2) is 0 Å². The molecule has 0 saturated heterocycles. The lowest BCUT2D eigenvalue weighted by molar-refractivity contribution is 0.165. The Morgan fingerprint density at radius 1 is 1.06 bits per heavy atom. The molecule has 0 aromatic heterocycles. The zero-order valence-electron chi connectivity index (χ0n) is 11.6. The summed E-state index contributed by atoms with van der Waals surface area (Å²) in [6.07, 6.45) is 0. The summed E-state index contributed by atoms with van der Waals surface area (Å²) in [7, 11) is 0. The molecule has 1 aromatic rings. The van der Waals surface area contributed by atoms with Crippen molar-refractivity contribution in [1.82, 2.24) is 0 Å². The number of hydrogen-bond acceptors (Lipinski definition) is 2. The topological polar surface area (TPSA) is 46.2 Å². The van der Waals surface area contributed by atoms with Gasteiger partial charge in [-0.05, 0) is 48.9 Å². The molecule has 1 rings (SSSR count). The summed E-state index contributed by atoms with van der Waals surface area (Å²) < 4.78 is 0. The molecule has 17 heavy (non-hydrogen) atoms. The molecule has 0 fully saturated rings. The van der Waals surface area contributed by atoms with E-state index in [2.05, 4.69) is 46.8 Å². The molecule has 2 heteroatoms. The first kappa shape index (κ1) is 14.2. The van der Waals surface area contributed by atoms with Gasteiger partial charge >= 0.3 is 0 Å². The number of rotatable bonds is 4. The van der Waals surface area contributed by atoms with Gasteiger partial charge in [-0.3, -0.25) is 0 Å². The number of aliphatic hydroxyl groups is 1. The van der Waals surface area contributed by atoms with Crippen LogP contribution < -0.4 is 5.73 Å². The third-order valence-electron chi connectivity index (χ3n) is 3.77. The molecule has 3 N–H and O–H groups in total. The van der Waals surface area contributed by atoms with Gasteiger partial charge in [0.1, 0.15) is 0 Å². The van der Waals surface area contributed by atoms with Crippen LogP contribution in [-0.2, 0) is 0 Å². The zero-order valence-corrected chi connectivity index (χ0v) is 11.6. The standard InChI is InChI=1S/C15H25NO/c1-9(2)14(8-17)15(16)13-7-11(4)10(3)6-12(13)5/h6-7,9,14-15,17H,8,16H2,1-5H3. The van der Waals surface area contributed by atoms with E-state index in [9.17, 15) is 5.11 Å². The second-order valence-corrected chi connectivity index (χ2v) is 5.41. The van der Waals surface area contributed by atoms with Gasteiger partial charge in [0.15, 0.2) is 0 Å². The van der Waals surface area contributed by atoms with Gasteiger partial charge in [0, 0.05) is 18.6 Å². The molecule has 0 radical (unpaired) electrons. The predicted octanol–water partition coefficient (Wildman–Crippen LogP) is 2.88. The summed E-state index contributed by atoms with van der Waals surface area (Å²) in [4.78, 5) is 0. The van der Waals surface area contributed by atoms with E-state index in [1.54, 1.807) is 0 Å².